The summed E-state index contributed by atoms with van der Waals surface area (Å²) in [5.74, 6) is 0.239. The Labute approximate surface area is 141 Å². The van der Waals surface area contributed by atoms with Crippen LogP contribution in [0, 0.1) is 5.41 Å². The first kappa shape index (κ1) is 14.5. The summed E-state index contributed by atoms with van der Waals surface area (Å²) in [6.45, 7) is 0. The van der Waals surface area contributed by atoms with E-state index in [0.29, 0.717) is 10.7 Å². The van der Waals surface area contributed by atoms with Crippen LogP contribution in [-0.2, 0) is 4.79 Å². The Bertz CT molecular complexity index is 931. The van der Waals surface area contributed by atoms with Gasteiger partial charge in [0.25, 0.3) is 5.91 Å². The van der Waals surface area contributed by atoms with Crippen molar-refractivity contribution in [2.75, 3.05) is 4.90 Å². The van der Waals surface area contributed by atoms with Crippen LogP contribution in [-0.4, -0.2) is 26.0 Å². The van der Waals surface area contributed by atoms with Crippen molar-refractivity contribution in [3.63, 3.8) is 0 Å². The highest BCUT2D eigenvalue weighted by atomic mass is 32.2. The zero-order valence-corrected chi connectivity index (χ0v) is 13.1. The predicted molar refractivity (Wildman–Crippen MR) is 90.8 cm³/mol. The summed E-state index contributed by atoms with van der Waals surface area (Å²) in [5.41, 5.74) is 0.895. The highest BCUT2D eigenvalue weighted by molar-refractivity contribution is 8.19. The molecule has 1 fully saturated rings. The van der Waals surface area contributed by atoms with Crippen LogP contribution in [0.4, 0.5) is 5.82 Å². The Balaban J connectivity index is 1.71. The molecule has 4 rings (SSSR count). The number of benzene rings is 1. The lowest BCUT2D eigenvalue weighted by Crippen LogP contribution is -2.29. The molecular formula is C16H11N5O2S. The van der Waals surface area contributed by atoms with Crippen LogP contribution >= 0.6 is 11.8 Å². The third-order valence-corrected chi connectivity index (χ3v) is 4.32. The van der Waals surface area contributed by atoms with Gasteiger partial charge in [-0.15, -0.1) is 0 Å². The van der Waals surface area contributed by atoms with Crippen LogP contribution in [0.25, 0.3) is 11.9 Å². The van der Waals surface area contributed by atoms with Gasteiger partial charge in [-0.2, -0.15) is 0 Å². The molecule has 0 radical (unpaired) electrons. The lowest BCUT2D eigenvalue weighted by atomic mass is 10.2. The Morgan fingerprint density at radius 3 is 2.50 bits per heavy atom. The van der Waals surface area contributed by atoms with E-state index in [1.165, 1.54) is 4.90 Å². The minimum absolute atomic E-state index is 0.0614. The molecule has 24 heavy (non-hydrogen) atoms. The van der Waals surface area contributed by atoms with Crippen molar-refractivity contribution in [1.29, 1.82) is 5.41 Å². The zero-order chi connectivity index (χ0) is 16.5. The number of nitrogens with one attached hydrogen (secondary N) is 1. The third-order valence-electron chi connectivity index (χ3n) is 3.44. The average molecular weight is 337 g/mol. The van der Waals surface area contributed by atoms with Crippen molar-refractivity contribution in [1.82, 2.24) is 14.9 Å². The average Bonchev–Trinajstić information content (AvgIpc) is 3.30. The van der Waals surface area contributed by atoms with E-state index in [2.05, 4.69) is 10.3 Å². The summed E-state index contributed by atoms with van der Waals surface area (Å²) in [5, 5.41) is 15.9. The number of aromatic nitrogens is 3. The van der Waals surface area contributed by atoms with Crippen LogP contribution in [0.5, 0.6) is 0 Å². The molecule has 1 aliphatic heterocycles. The van der Waals surface area contributed by atoms with E-state index < -0.39 is 0 Å². The molecule has 8 heteroatoms. The van der Waals surface area contributed by atoms with Gasteiger partial charge in [-0.05, 0) is 45.8 Å². The molecule has 0 saturated carbocycles. The second-order valence-electron chi connectivity index (χ2n) is 4.97. The number of hydrogen-bond donors (Lipinski definition) is 1. The van der Waals surface area contributed by atoms with E-state index in [1.807, 2.05) is 42.5 Å². The molecule has 7 nitrogen and oxygen atoms in total. The monoisotopic (exact) mass is 337 g/mol. The van der Waals surface area contributed by atoms with Crippen molar-refractivity contribution in [3.05, 3.63) is 65.3 Å². The number of anilines is 1. The molecule has 0 unspecified atom stereocenters. The van der Waals surface area contributed by atoms with Gasteiger partial charge in [0.1, 0.15) is 0 Å². The fraction of sp³-hybridized carbons (Fsp3) is 0. The van der Waals surface area contributed by atoms with E-state index in [0.717, 1.165) is 17.3 Å². The molecule has 3 heterocycles. The van der Waals surface area contributed by atoms with E-state index in [1.54, 1.807) is 23.0 Å². The molecule has 2 aromatic heterocycles. The van der Waals surface area contributed by atoms with E-state index in [-0.39, 0.29) is 16.9 Å². The number of carbonyl (C=O) groups is 1. The molecule has 1 N–H and O–H groups in total. The van der Waals surface area contributed by atoms with Crippen LogP contribution in [0.15, 0.2) is 64.4 Å². The lowest BCUT2D eigenvalue weighted by molar-refractivity contribution is -0.113. The maximum Gasteiger partial charge on any atom is 0.272 e. The fourth-order valence-corrected chi connectivity index (χ4v) is 3.18. The highest BCUT2D eigenvalue weighted by Crippen LogP contribution is 2.36. The maximum absolute atomic E-state index is 12.7. The van der Waals surface area contributed by atoms with Gasteiger partial charge < -0.3 is 4.57 Å². The highest BCUT2D eigenvalue weighted by Gasteiger charge is 2.37. The topological polar surface area (TPSA) is 88.0 Å². The number of nitrogens with zero attached hydrogens (tertiary/aromatic N) is 4. The normalized spacial score (nSPS) is 16.3. The Kier molecular flexibility index (Phi) is 3.51. The Hall–Kier alpha value is -3.13. The molecule has 1 saturated heterocycles. The summed E-state index contributed by atoms with van der Waals surface area (Å²) in [6.07, 6.45) is 5.28. The van der Waals surface area contributed by atoms with E-state index in [9.17, 15) is 4.79 Å². The maximum atomic E-state index is 12.7. The van der Waals surface area contributed by atoms with Crippen molar-refractivity contribution in [2.45, 2.75) is 0 Å². The molecule has 3 aromatic rings. The van der Waals surface area contributed by atoms with Crippen LogP contribution in [0.3, 0.4) is 0 Å². The first-order valence-electron chi connectivity index (χ1n) is 7.07. The van der Waals surface area contributed by atoms with E-state index >= 15 is 0 Å². The Morgan fingerprint density at radius 2 is 1.75 bits per heavy atom. The number of thioether (sulfide) groups is 1. The van der Waals surface area contributed by atoms with Gasteiger partial charge in [0, 0.05) is 12.4 Å². The van der Waals surface area contributed by atoms with Gasteiger partial charge in [-0.3, -0.25) is 10.2 Å². The minimum Gasteiger partial charge on any atom is -0.303 e. The predicted octanol–water partition coefficient (Wildman–Crippen LogP) is 2.92. The fourth-order valence-electron chi connectivity index (χ4n) is 2.34. The second kappa shape index (κ2) is 5.82. The summed E-state index contributed by atoms with van der Waals surface area (Å²) >= 11 is 1.08. The van der Waals surface area contributed by atoms with Gasteiger partial charge in [-0.1, -0.05) is 30.3 Å². The molecule has 1 aliphatic rings. The Morgan fingerprint density at radius 1 is 1.04 bits per heavy atom. The quantitative estimate of drug-likeness (QED) is 0.742. The molecule has 0 bridgehead atoms. The van der Waals surface area contributed by atoms with Gasteiger partial charge in [0.15, 0.2) is 5.17 Å². The van der Waals surface area contributed by atoms with Crippen molar-refractivity contribution < 1.29 is 9.42 Å². The largest absolute Gasteiger partial charge is 0.303 e. The standard InChI is InChI=1S/C16H11N5O2S/c17-16-21(14-13(18-23-19-14)20-8-4-5-9-20)15(22)12(24-16)10-11-6-2-1-3-7-11/h1-10,17H/b12-10+,17-16?. The summed E-state index contributed by atoms with van der Waals surface area (Å²) in [4.78, 5) is 14.4. The molecule has 118 valence electrons. The lowest BCUT2D eigenvalue weighted by Gasteiger charge is -2.11. The summed E-state index contributed by atoms with van der Waals surface area (Å²) < 4.78 is 6.47. The second-order valence-corrected chi connectivity index (χ2v) is 6.00. The number of rotatable bonds is 3. The molecule has 0 aliphatic carbocycles. The first-order valence-corrected chi connectivity index (χ1v) is 7.89. The number of carbonyl (C=O) groups excluding carboxylic acids is 1. The summed E-state index contributed by atoms with van der Waals surface area (Å²) in [6, 6.07) is 13.1. The van der Waals surface area contributed by atoms with Crippen LogP contribution in [0.2, 0.25) is 0 Å². The third kappa shape index (κ3) is 2.42. The molecular weight excluding hydrogens is 326 g/mol. The van der Waals surface area contributed by atoms with Crippen LogP contribution < -0.4 is 4.90 Å². The van der Waals surface area contributed by atoms with Crippen molar-refractivity contribution >= 4 is 34.7 Å². The molecule has 0 spiro atoms. The van der Waals surface area contributed by atoms with Crippen molar-refractivity contribution in [2.24, 2.45) is 0 Å². The van der Waals surface area contributed by atoms with Crippen molar-refractivity contribution in [3.8, 4) is 5.82 Å². The van der Waals surface area contributed by atoms with Gasteiger partial charge >= 0.3 is 0 Å². The zero-order valence-electron chi connectivity index (χ0n) is 12.3. The first-order chi connectivity index (χ1) is 11.7. The smallest absolute Gasteiger partial charge is 0.272 e. The number of amidine groups is 1. The minimum atomic E-state index is -0.321. The molecule has 0 atom stereocenters. The number of amides is 1. The SMILES string of the molecule is N=C1S/C(=C/c2ccccc2)C(=O)N1c1nonc1-n1cccc1. The summed E-state index contributed by atoms with van der Waals surface area (Å²) in [7, 11) is 0. The van der Waals surface area contributed by atoms with E-state index in [4.69, 9.17) is 10.0 Å². The molecule has 1 aromatic carbocycles. The van der Waals surface area contributed by atoms with Gasteiger partial charge in [0.2, 0.25) is 11.6 Å². The molecule has 1 amide bonds. The number of hydrogen-bond acceptors (Lipinski definition) is 6. The van der Waals surface area contributed by atoms with Crippen LogP contribution in [0.1, 0.15) is 5.56 Å². The van der Waals surface area contributed by atoms with Gasteiger partial charge in [0.05, 0.1) is 4.91 Å². The van der Waals surface area contributed by atoms with Gasteiger partial charge in [-0.25, -0.2) is 9.53 Å².